The second-order valence-corrected chi connectivity index (χ2v) is 5.00. The summed E-state index contributed by atoms with van der Waals surface area (Å²) >= 11 is 1.68. The molecular formula is C12H15NS. The first-order chi connectivity index (χ1) is 6.58. The van der Waals surface area contributed by atoms with Crippen molar-refractivity contribution in [2.24, 2.45) is 5.41 Å². The average molecular weight is 205 g/mol. The Bertz CT molecular complexity index is 327. The zero-order valence-corrected chi connectivity index (χ0v) is 9.69. The predicted molar refractivity (Wildman–Crippen MR) is 62.2 cm³/mol. The van der Waals surface area contributed by atoms with Crippen molar-refractivity contribution in [2.45, 2.75) is 25.8 Å². The highest BCUT2D eigenvalue weighted by Crippen LogP contribution is 2.14. The summed E-state index contributed by atoms with van der Waals surface area (Å²) in [6.45, 7) is 6.35. The van der Waals surface area contributed by atoms with Crippen molar-refractivity contribution in [3.63, 3.8) is 0 Å². The first kappa shape index (κ1) is 11.1. The monoisotopic (exact) mass is 205 g/mol. The van der Waals surface area contributed by atoms with Crippen LogP contribution in [-0.4, -0.2) is 10.7 Å². The summed E-state index contributed by atoms with van der Waals surface area (Å²) in [6.07, 6.45) is 1.81. The third-order valence-corrected chi connectivity index (χ3v) is 2.22. The summed E-state index contributed by atoms with van der Waals surface area (Å²) in [7, 11) is 0. The van der Waals surface area contributed by atoms with Crippen molar-refractivity contribution < 1.29 is 0 Å². The molecule has 0 radical (unpaired) electrons. The minimum atomic E-state index is 0.102. The first-order valence-electron chi connectivity index (χ1n) is 4.62. The minimum Gasteiger partial charge on any atom is -0.250 e. The quantitative estimate of drug-likeness (QED) is 0.543. The Labute approximate surface area is 90.3 Å². The first-order valence-corrected chi connectivity index (χ1v) is 5.60. The fourth-order valence-corrected chi connectivity index (χ4v) is 1.45. The summed E-state index contributed by atoms with van der Waals surface area (Å²) < 4.78 is 0. The van der Waals surface area contributed by atoms with E-state index in [1.165, 1.54) is 0 Å². The molecule has 74 valence electrons. The molecule has 1 nitrogen and oxygen atoms in total. The van der Waals surface area contributed by atoms with E-state index < -0.39 is 0 Å². The van der Waals surface area contributed by atoms with Crippen LogP contribution >= 0.6 is 11.8 Å². The lowest BCUT2D eigenvalue weighted by Gasteiger charge is -2.06. The lowest BCUT2D eigenvalue weighted by atomic mass is 9.98. The fourth-order valence-electron chi connectivity index (χ4n) is 0.844. The molecule has 0 saturated heterocycles. The van der Waals surface area contributed by atoms with Crippen molar-refractivity contribution in [2.75, 3.05) is 5.75 Å². The summed E-state index contributed by atoms with van der Waals surface area (Å²) in [4.78, 5) is 4.21. The summed E-state index contributed by atoms with van der Waals surface area (Å²) in [6, 6.07) is 5.92. The maximum atomic E-state index is 4.21. The number of hydrogen-bond donors (Lipinski definition) is 0. The van der Waals surface area contributed by atoms with Gasteiger partial charge in [-0.25, -0.2) is 4.98 Å². The van der Waals surface area contributed by atoms with Crippen molar-refractivity contribution >= 4 is 11.8 Å². The highest BCUT2D eigenvalue weighted by atomic mass is 32.2. The van der Waals surface area contributed by atoms with Gasteiger partial charge in [0, 0.05) is 11.6 Å². The molecule has 1 aromatic rings. The molecule has 0 aromatic carbocycles. The van der Waals surface area contributed by atoms with Gasteiger partial charge in [-0.3, -0.25) is 0 Å². The molecule has 1 rings (SSSR count). The van der Waals surface area contributed by atoms with Crippen LogP contribution in [0, 0.1) is 17.3 Å². The van der Waals surface area contributed by atoms with Crippen LogP contribution in [-0.2, 0) is 0 Å². The van der Waals surface area contributed by atoms with Gasteiger partial charge in [-0.05, 0) is 32.9 Å². The molecule has 0 bridgehead atoms. The topological polar surface area (TPSA) is 12.9 Å². The fraction of sp³-hybridized carbons (Fsp3) is 0.417. The number of rotatable bonds is 2. The number of nitrogens with zero attached hydrogens (tertiary/aromatic N) is 1. The van der Waals surface area contributed by atoms with Crippen LogP contribution in [0.25, 0.3) is 0 Å². The van der Waals surface area contributed by atoms with Gasteiger partial charge in [0.05, 0.1) is 10.8 Å². The van der Waals surface area contributed by atoms with Crippen LogP contribution in [0.1, 0.15) is 20.8 Å². The SMILES string of the molecule is CC(C)(C)C#CCSc1ccccn1. The van der Waals surface area contributed by atoms with E-state index in [1.807, 2.05) is 18.2 Å². The van der Waals surface area contributed by atoms with E-state index in [0.29, 0.717) is 0 Å². The third-order valence-electron chi connectivity index (χ3n) is 1.39. The molecule has 0 unspecified atom stereocenters. The Kier molecular flexibility index (Phi) is 4.03. The Morgan fingerprint density at radius 3 is 2.71 bits per heavy atom. The van der Waals surface area contributed by atoms with E-state index in [2.05, 4.69) is 37.6 Å². The van der Waals surface area contributed by atoms with Crippen LogP contribution in [0.5, 0.6) is 0 Å². The second-order valence-electron chi connectivity index (χ2n) is 4.01. The zero-order valence-electron chi connectivity index (χ0n) is 8.87. The van der Waals surface area contributed by atoms with E-state index in [4.69, 9.17) is 0 Å². The third kappa shape index (κ3) is 4.94. The van der Waals surface area contributed by atoms with E-state index >= 15 is 0 Å². The summed E-state index contributed by atoms with van der Waals surface area (Å²) in [5.41, 5.74) is 0.102. The van der Waals surface area contributed by atoms with Crippen molar-refractivity contribution in [3.05, 3.63) is 24.4 Å². The zero-order chi connectivity index (χ0) is 10.4. The molecule has 0 saturated carbocycles. The number of thioether (sulfide) groups is 1. The lowest BCUT2D eigenvalue weighted by Crippen LogP contribution is -1.99. The summed E-state index contributed by atoms with van der Waals surface area (Å²) in [5.74, 6) is 7.15. The molecule has 14 heavy (non-hydrogen) atoms. The van der Waals surface area contributed by atoms with Crippen LogP contribution in [0.2, 0.25) is 0 Å². The largest absolute Gasteiger partial charge is 0.250 e. The highest BCUT2D eigenvalue weighted by Gasteiger charge is 2.02. The van der Waals surface area contributed by atoms with E-state index in [-0.39, 0.29) is 5.41 Å². The van der Waals surface area contributed by atoms with Gasteiger partial charge in [-0.2, -0.15) is 0 Å². The van der Waals surface area contributed by atoms with Crippen LogP contribution in [0.15, 0.2) is 29.4 Å². The van der Waals surface area contributed by atoms with Gasteiger partial charge in [-0.1, -0.05) is 29.7 Å². The Balaban J connectivity index is 2.39. The van der Waals surface area contributed by atoms with Crippen molar-refractivity contribution in [3.8, 4) is 11.8 Å². The molecule has 0 aliphatic heterocycles. The second kappa shape index (κ2) is 5.07. The van der Waals surface area contributed by atoms with Crippen LogP contribution in [0.3, 0.4) is 0 Å². The molecule has 0 fully saturated rings. The molecule has 0 spiro atoms. The van der Waals surface area contributed by atoms with E-state index in [1.54, 1.807) is 18.0 Å². The minimum absolute atomic E-state index is 0.102. The Hall–Kier alpha value is -0.940. The Morgan fingerprint density at radius 2 is 2.14 bits per heavy atom. The molecular weight excluding hydrogens is 190 g/mol. The van der Waals surface area contributed by atoms with Crippen LogP contribution < -0.4 is 0 Å². The maximum Gasteiger partial charge on any atom is 0.0969 e. The summed E-state index contributed by atoms with van der Waals surface area (Å²) in [5, 5.41) is 1.04. The van der Waals surface area contributed by atoms with Gasteiger partial charge in [0.25, 0.3) is 0 Å². The van der Waals surface area contributed by atoms with Gasteiger partial charge in [0.1, 0.15) is 0 Å². The van der Waals surface area contributed by atoms with Crippen molar-refractivity contribution in [1.29, 1.82) is 0 Å². The average Bonchev–Trinajstić information content (AvgIpc) is 2.13. The molecule has 0 N–H and O–H groups in total. The van der Waals surface area contributed by atoms with E-state index in [0.717, 1.165) is 10.8 Å². The molecule has 0 aliphatic carbocycles. The van der Waals surface area contributed by atoms with Crippen molar-refractivity contribution in [1.82, 2.24) is 4.98 Å². The van der Waals surface area contributed by atoms with Gasteiger partial charge in [0.2, 0.25) is 0 Å². The molecule has 2 heteroatoms. The molecule has 1 heterocycles. The van der Waals surface area contributed by atoms with Crippen LogP contribution in [0.4, 0.5) is 0 Å². The number of pyridine rings is 1. The number of hydrogen-bond acceptors (Lipinski definition) is 2. The van der Waals surface area contributed by atoms with E-state index in [9.17, 15) is 0 Å². The van der Waals surface area contributed by atoms with Gasteiger partial charge >= 0.3 is 0 Å². The lowest BCUT2D eigenvalue weighted by molar-refractivity contribution is 0.571. The molecule has 0 amide bonds. The maximum absolute atomic E-state index is 4.21. The number of aromatic nitrogens is 1. The molecule has 0 aliphatic rings. The smallest absolute Gasteiger partial charge is 0.0969 e. The molecule has 0 atom stereocenters. The highest BCUT2D eigenvalue weighted by molar-refractivity contribution is 7.99. The predicted octanol–water partition coefficient (Wildman–Crippen LogP) is 3.22. The van der Waals surface area contributed by atoms with Gasteiger partial charge in [-0.15, -0.1) is 0 Å². The standard InChI is InChI=1S/C12H15NS/c1-12(2,3)8-6-10-14-11-7-4-5-9-13-11/h4-5,7,9H,10H2,1-3H3. The Morgan fingerprint density at radius 1 is 1.36 bits per heavy atom. The van der Waals surface area contributed by atoms with Gasteiger partial charge < -0.3 is 0 Å². The van der Waals surface area contributed by atoms with Gasteiger partial charge in [0.15, 0.2) is 0 Å². The molecule has 1 aromatic heterocycles. The normalized spacial score (nSPS) is 10.5.